The summed E-state index contributed by atoms with van der Waals surface area (Å²) in [6, 6.07) is 9.81. The van der Waals surface area contributed by atoms with Crippen molar-refractivity contribution in [3.63, 3.8) is 0 Å². The lowest BCUT2D eigenvalue weighted by atomic mass is 10.1. The highest BCUT2D eigenvalue weighted by atomic mass is 35.5. The Morgan fingerprint density at radius 3 is 2.15 bits per heavy atom. The summed E-state index contributed by atoms with van der Waals surface area (Å²) in [4.78, 5) is 41.7. The van der Waals surface area contributed by atoms with Gasteiger partial charge in [-0.05, 0) is 42.5 Å². The second-order valence-electron chi connectivity index (χ2n) is 5.33. The first-order valence-electron chi connectivity index (χ1n) is 7.30. The normalized spacial score (nSPS) is 17.7. The van der Waals surface area contributed by atoms with Gasteiger partial charge in [0.05, 0.1) is 11.4 Å². The number of halogens is 3. The van der Waals surface area contributed by atoms with Crippen LogP contribution in [0.4, 0.5) is 16.2 Å². The van der Waals surface area contributed by atoms with Crippen LogP contribution in [-0.2, 0) is 9.59 Å². The smallest absolute Gasteiger partial charge is 0.276 e. The van der Waals surface area contributed by atoms with Gasteiger partial charge in [-0.15, -0.1) is 0 Å². The molecule has 1 fully saturated rings. The van der Waals surface area contributed by atoms with Gasteiger partial charge in [-0.1, -0.05) is 34.8 Å². The average Bonchev–Trinajstić information content (AvgIpc) is 2.55. The first-order chi connectivity index (χ1) is 12.3. The van der Waals surface area contributed by atoms with Crippen molar-refractivity contribution in [3.05, 3.63) is 57.5 Å². The largest absolute Gasteiger partial charge is 0.335 e. The van der Waals surface area contributed by atoms with Crippen LogP contribution in [0, 0.1) is 5.92 Å². The number of imide groups is 2. The molecule has 0 spiro atoms. The third-order valence-electron chi connectivity index (χ3n) is 3.51. The van der Waals surface area contributed by atoms with E-state index in [1.807, 2.05) is 0 Å². The number of carbonyl (C=O) groups excluding carboxylic acids is 3. The Morgan fingerprint density at radius 2 is 1.54 bits per heavy atom. The molecule has 2 aromatic rings. The maximum Gasteiger partial charge on any atom is 0.335 e. The number of carbonyl (C=O) groups is 3. The Bertz CT molecular complexity index is 908. The summed E-state index contributed by atoms with van der Waals surface area (Å²) in [7, 11) is 0. The van der Waals surface area contributed by atoms with E-state index in [9.17, 15) is 14.4 Å². The molecule has 2 aromatic carbocycles. The van der Waals surface area contributed by atoms with Crippen molar-refractivity contribution in [2.75, 3.05) is 4.90 Å². The molecule has 4 amide bonds. The molecule has 0 radical (unpaired) electrons. The molecule has 1 atom stereocenters. The van der Waals surface area contributed by atoms with E-state index >= 15 is 0 Å². The second-order valence-corrected chi connectivity index (χ2v) is 6.64. The SMILES string of the molecule is O=C1NC(=O)N(c2ccc(Cl)cc2)C(=O)[C@H]1C=Nc1cc(Cl)cc(Cl)c1. The van der Waals surface area contributed by atoms with Gasteiger partial charge in [-0.25, -0.2) is 9.69 Å². The van der Waals surface area contributed by atoms with E-state index in [0.29, 0.717) is 20.8 Å². The summed E-state index contributed by atoms with van der Waals surface area (Å²) >= 11 is 17.6. The monoisotopic (exact) mass is 409 g/mol. The fraction of sp³-hybridized carbons (Fsp3) is 0.0588. The molecule has 1 heterocycles. The van der Waals surface area contributed by atoms with Gasteiger partial charge in [0.15, 0.2) is 5.92 Å². The molecule has 1 aliphatic rings. The number of rotatable bonds is 3. The minimum Gasteiger partial charge on any atom is -0.276 e. The van der Waals surface area contributed by atoms with Crippen LogP contribution in [0.1, 0.15) is 0 Å². The van der Waals surface area contributed by atoms with Gasteiger partial charge >= 0.3 is 6.03 Å². The van der Waals surface area contributed by atoms with E-state index in [4.69, 9.17) is 34.8 Å². The number of urea groups is 1. The van der Waals surface area contributed by atoms with Crippen LogP contribution in [0.25, 0.3) is 0 Å². The van der Waals surface area contributed by atoms with Crippen LogP contribution >= 0.6 is 34.8 Å². The topological polar surface area (TPSA) is 78.8 Å². The number of aliphatic imine (C=N–C) groups is 1. The van der Waals surface area contributed by atoms with Crippen LogP contribution in [0.3, 0.4) is 0 Å². The molecule has 0 bridgehead atoms. The number of hydrogen-bond acceptors (Lipinski definition) is 4. The first kappa shape index (κ1) is 18.4. The summed E-state index contributed by atoms with van der Waals surface area (Å²) in [5.41, 5.74) is 0.659. The lowest BCUT2D eigenvalue weighted by Gasteiger charge is -2.28. The molecule has 132 valence electrons. The maximum absolute atomic E-state index is 12.7. The van der Waals surface area contributed by atoms with E-state index in [1.54, 1.807) is 0 Å². The molecule has 0 saturated carbocycles. The average molecular weight is 411 g/mol. The van der Waals surface area contributed by atoms with Crippen molar-refractivity contribution in [1.29, 1.82) is 0 Å². The maximum atomic E-state index is 12.7. The van der Waals surface area contributed by atoms with Crippen molar-refractivity contribution in [1.82, 2.24) is 5.32 Å². The zero-order valence-electron chi connectivity index (χ0n) is 12.9. The van der Waals surface area contributed by atoms with Crippen LogP contribution in [0.15, 0.2) is 47.5 Å². The lowest BCUT2D eigenvalue weighted by molar-refractivity contribution is -0.131. The number of amides is 4. The Kier molecular flexibility index (Phi) is 5.27. The molecule has 1 aliphatic heterocycles. The van der Waals surface area contributed by atoms with Crippen LogP contribution in [0.2, 0.25) is 15.1 Å². The van der Waals surface area contributed by atoms with Gasteiger partial charge in [-0.3, -0.25) is 19.9 Å². The van der Waals surface area contributed by atoms with Gasteiger partial charge in [-0.2, -0.15) is 0 Å². The van der Waals surface area contributed by atoms with Crippen LogP contribution < -0.4 is 10.2 Å². The number of anilines is 1. The first-order valence-corrected chi connectivity index (χ1v) is 8.43. The molecule has 1 N–H and O–H groups in total. The molecule has 0 aromatic heterocycles. The lowest BCUT2D eigenvalue weighted by Crippen LogP contribution is -2.58. The molecule has 1 saturated heterocycles. The Balaban J connectivity index is 1.90. The fourth-order valence-corrected chi connectivity index (χ4v) is 2.97. The third-order valence-corrected chi connectivity index (χ3v) is 4.20. The van der Waals surface area contributed by atoms with Crippen molar-refractivity contribution < 1.29 is 14.4 Å². The number of nitrogens with zero attached hydrogens (tertiary/aromatic N) is 2. The second kappa shape index (κ2) is 7.45. The van der Waals surface area contributed by atoms with Crippen molar-refractivity contribution >= 4 is 70.2 Å². The Labute approximate surface area is 163 Å². The zero-order valence-corrected chi connectivity index (χ0v) is 15.2. The molecule has 0 aliphatic carbocycles. The number of barbiturate groups is 1. The summed E-state index contributed by atoms with van der Waals surface area (Å²) in [5.74, 6) is -2.76. The predicted octanol–water partition coefficient (Wildman–Crippen LogP) is 4.25. The highest BCUT2D eigenvalue weighted by molar-refractivity contribution is 6.35. The minimum atomic E-state index is -1.28. The van der Waals surface area contributed by atoms with Gasteiger partial charge in [0.25, 0.3) is 5.91 Å². The standard InChI is InChI=1S/C17H10Cl3N3O3/c18-9-1-3-13(4-2-9)23-16(25)14(15(24)22-17(23)26)8-21-12-6-10(19)5-11(20)7-12/h1-8,14H,(H,22,24,26)/t14-/m0/s1. The number of nitrogens with one attached hydrogen (secondary N) is 1. The van der Waals surface area contributed by atoms with Gasteiger partial charge in [0, 0.05) is 21.3 Å². The van der Waals surface area contributed by atoms with E-state index in [1.165, 1.54) is 42.5 Å². The summed E-state index contributed by atoms with van der Waals surface area (Å²) in [6.07, 6.45) is 1.15. The molecule has 26 heavy (non-hydrogen) atoms. The van der Waals surface area contributed by atoms with E-state index in [0.717, 1.165) is 11.1 Å². The fourth-order valence-electron chi connectivity index (χ4n) is 2.33. The quantitative estimate of drug-likeness (QED) is 0.607. The molecule has 6 nitrogen and oxygen atoms in total. The molecule has 9 heteroatoms. The minimum absolute atomic E-state index is 0.286. The Morgan fingerprint density at radius 1 is 0.923 bits per heavy atom. The molecule has 3 rings (SSSR count). The molecular formula is C17H10Cl3N3O3. The zero-order chi connectivity index (χ0) is 18.8. The van der Waals surface area contributed by atoms with Crippen LogP contribution in [0.5, 0.6) is 0 Å². The molecular weight excluding hydrogens is 401 g/mol. The predicted molar refractivity (Wildman–Crippen MR) is 101 cm³/mol. The number of hydrogen-bond donors (Lipinski definition) is 1. The number of benzene rings is 2. The third kappa shape index (κ3) is 3.88. The van der Waals surface area contributed by atoms with Gasteiger partial charge < -0.3 is 0 Å². The van der Waals surface area contributed by atoms with Crippen LogP contribution in [-0.4, -0.2) is 24.1 Å². The summed E-state index contributed by atoms with van der Waals surface area (Å²) < 4.78 is 0. The van der Waals surface area contributed by atoms with Crippen molar-refractivity contribution in [2.45, 2.75) is 0 Å². The van der Waals surface area contributed by atoms with E-state index in [2.05, 4.69) is 10.3 Å². The molecule has 0 unspecified atom stereocenters. The Hall–Kier alpha value is -2.41. The summed E-state index contributed by atoms with van der Waals surface area (Å²) in [6.45, 7) is 0. The highest BCUT2D eigenvalue weighted by Gasteiger charge is 2.40. The summed E-state index contributed by atoms with van der Waals surface area (Å²) in [5, 5.41) is 3.31. The van der Waals surface area contributed by atoms with Crippen molar-refractivity contribution in [3.8, 4) is 0 Å². The van der Waals surface area contributed by atoms with Gasteiger partial charge in [0.2, 0.25) is 5.91 Å². The van der Waals surface area contributed by atoms with Crippen molar-refractivity contribution in [2.24, 2.45) is 10.9 Å². The van der Waals surface area contributed by atoms with E-state index in [-0.39, 0.29) is 5.69 Å². The van der Waals surface area contributed by atoms with E-state index < -0.39 is 23.8 Å². The van der Waals surface area contributed by atoms with Gasteiger partial charge in [0.1, 0.15) is 0 Å². The highest BCUT2D eigenvalue weighted by Crippen LogP contribution is 2.26.